The van der Waals surface area contributed by atoms with Gasteiger partial charge in [-0.05, 0) is 24.6 Å². The summed E-state index contributed by atoms with van der Waals surface area (Å²) in [5.41, 5.74) is 1.12. The molecule has 7 nitrogen and oxygen atoms in total. The SMILES string of the molecule is CC(=O)Nc1cccc(NC(=O)NCCCC(=O)O)c1. The van der Waals surface area contributed by atoms with E-state index in [4.69, 9.17) is 5.11 Å². The van der Waals surface area contributed by atoms with Gasteiger partial charge >= 0.3 is 12.0 Å². The lowest BCUT2D eigenvalue weighted by molar-refractivity contribution is -0.137. The van der Waals surface area contributed by atoms with E-state index in [1.54, 1.807) is 24.3 Å². The number of aliphatic carboxylic acids is 1. The van der Waals surface area contributed by atoms with Gasteiger partial charge in [-0.1, -0.05) is 6.07 Å². The first kappa shape index (κ1) is 15.5. The standard InChI is InChI=1S/C13H17N3O4/c1-9(17)15-10-4-2-5-11(8-10)16-13(20)14-7-3-6-12(18)19/h2,4-5,8H,3,6-7H2,1H3,(H,15,17)(H,18,19)(H2,14,16,20). The second-order valence-corrected chi connectivity index (χ2v) is 4.14. The summed E-state index contributed by atoms with van der Waals surface area (Å²) >= 11 is 0. The monoisotopic (exact) mass is 279 g/mol. The fourth-order valence-corrected chi connectivity index (χ4v) is 1.49. The summed E-state index contributed by atoms with van der Waals surface area (Å²) in [6, 6.07) is 6.29. The molecule has 7 heteroatoms. The first-order chi connectivity index (χ1) is 9.47. The van der Waals surface area contributed by atoms with Crippen LogP contribution in [0.25, 0.3) is 0 Å². The fraction of sp³-hybridized carbons (Fsp3) is 0.308. The van der Waals surface area contributed by atoms with Gasteiger partial charge in [-0.25, -0.2) is 4.79 Å². The van der Waals surface area contributed by atoms with E-state index < -0.39 is 12.0 Å². The molecule has 0 aromatic heterocycles. The van der Waals surface area contributed by atoms with Gasteiger partial charge in [0.25, 0.3) is 0 Å². The van der Waals surface area contributed by atoms with E-state index in [1.165, 1.54) is 6.92 Å². The Labute approximate surface area is 116 Å². The summed E-state index contributed by atoms with van der Waals surface area (Å²) in [6.45, 7) is 1.68. The van der Waals surface area contributed by atoms with E-state index >= 15 is 0 Å². The number of carboxylic acids is 1. The molecule has 4 N–H and O–H groups in total. The van der Waals surface area contributed by atoms with Gasteiger partial charge in [-0.15, -0.1) is 0 Å². The molecule has 0 aliphatic carbocycles. The highest BCUT2D eigenvalue weighted by Gasteiger charge is 2.03. The third kappa shape index (κ3) is 6.39. The lowest BCUT2D eigenvalue weighted by atomic mass is 10.2. The fourth-order valence-electron chi connectivity index (χ4n) is 1.49. The van der Waals surface area contributed by atoms with Gasteiger partial charge in [0.2, 0.25) is 5.91 Å². The largest absolute Gasteiger partial charge is 0.481 e. The average molecular weight is 279 g/mol. The Kier molecular flexibility index (Phi) is 6.02. The van der Waals surface area contributed by atoms with Gasteiger partial charge in [0.1, 0.15) is 0 Å². The average Bonchev–Trinajstić information content (AvgIpc) is 2.34. The smallest absolute Gasteiger partial charge is 0.319 e. The van der Waals surface area contributed by atoms with Crippen LogP contribution in [0.15, 0.2) is 24.3 Å². The van der Waals surface area contributed by atoms with Gasteiger partial charge in [-0.2, -0.15) is 0 Å². The molecule has 0 saturated heterocycles. The van der Waals surface area contributed by atoms with Crippen molar-refractivity contribution in [3.63, 3.8) is 0 Å². The van der Waals surface area contributed by atoms with E-state index in [9.17, 15) is 14.4 Å². The minimum atomic E-state index is -0.893. The third-order valence-corrected chi connectivity index (χ3v) is 2.29. The number of hydrogen-bond donors (Lipinski definition) is 4. The molecule has 0 heterocycles. The first-order valence-electron chi connectivity index (χ1n) is 6.11. The van der Waals surface area contributed by atoms with Crippen molar-refractivity contribution in [3.8, 4) is 0 Å². The van der Waals surface area contributed by atoms with Crippen LogP contribution in [0.3, 0.4) is 0 Å². The van der Waals surface area contributed by atoms with E-state index in [2.05, 4.69) is 16.0 Å². The Bertz CT molecular complexity index is 502. The van der Waals surface area contributed by atoms with Crippen LogP contribution in [0.2, 0.25) is 0 Å². The summed E-state index contributed by atoms with van der Waals surface area (Å²) in [6.07, 6.45) is 0.382. The van der Waals surface area contributed by atoms with E-state index in [-0.39, 0.29) is 18.9 Å². The molecular weight excluding hydrogens is 262 g/mol. The number of carboxylic acid groups (broad SMARTS) is 1. The molecule has 0 bridgehead atoms. The molecular formula is C13H17N3O4. The van der Waals surface area contributed by atoms with Crippen molar-refractivity contribution in [1.29, 1.82) is 0 Å². The zero-order valence-electron chi connectivity index (χ0n) is 11.1. The summed E-state index contributed by atoms with van der Waals surface area (Å²) in [5, 5.41) is 16.2. The molecule has 3 amide bonds. The summed E-state index contributed by atoms with van der Waals surface area (Å²) in [7, 11) is 0. The number of benzene rings is 1. The Morgan fingerprint density at radius 3 is 2.40 bits per heavy atom. The van der Waals surface area contributed by atoms with Crippen molar-refractivity contribution < 1.29 is 19.5 Å². The predicted octanol–water partition coefficient (Wildman–Crippen LogP) is 1.63. The lowest BCUT2D eigenvalue weighted by Gasteiger charge is -2.08. The number of amides is 3. The van der Waals surface area contributed by atoms with Gasteiger partial charge < -0.3 is 21.1 Å². The Hall–Kier alpha value is -2.57. The number of anilines is 2. The first-order valence-corrected chi connectivity index (χ1v) is 6.11. The molecule has 0 aliphatic heterocycles. The molecule has 0 fully saturated rings. The molecule has 0 radical (unpaired) electrons. The molecule has 1 rings (SSSR count). The summed E-state index contributed by atoms with van der Waals surface area (Å²) in [4.78, 5) is 32.7. The molecule has 1 aromatic carbocycles. The molecule has 1 aromatic rings. The number of rotatable bonds is 6. The molecule has 0 aliphatic rings. The zero-order chi connectivity index (χ0) is 15.0. The van der Waals surface area contributed by atoms with Gasteiger partial charge in [0, 0.05) is 31.3 Å². The van der Waals surface area contributed by atoms with Crippen LogP contribution < -0.4 is 16.0 Å². The van der Waals surface area contributed by atoms with Crippen LogP contribution in [0.1, 0.15) is 19.8 Å². The normalized spacial score (nSPS) is 9.65. The minimum Gasteiger partial charge on any atom is -0.481 e. The number of nitrogens with one attached hydrogen (secondary N) is 3. The number of hydrogen-bond acceptors (Lipinski definition) is 3. The maximum atomic E-state index is 11.5. The van der Waals surface area contributed by atoms with Gasteiger partial charge in [0.15, 0.2) is 0 Å². The number of carbonyl (C=O) groups is 3. The molecule has 0 spiro atoms. The van der Waals surface area contributed by atoms with Crippen molar-refractivity contribution in [2.24, 2.45) is 0 Å². The highest BCUT2D eigenvalue weighted by atomic mass is 16.4. The van der Waals surface area contributed by atoms with Crippen molar-refractivity contribution >= 4 is 29.3 Å². The maximum absolute atomic E-state index is 11.5. The van der Waals surface area contributed by atoms with Gasteiger partial charge in [0.05, 0.1) is 0 Å². The van der Waals surface area contributed by atoms with Crippen LogP contribution in [0.4, 0.5) is 16.2 Å². The highest BCUT2D eigenvalue weighted by Crippen LogP contribution is 2.14. The molecule has 0 atom stereocenters. The number of urea groups is 1. The summed E-state index contributed by atoms with van der Waals surface area (Å²) in [5.74, 6) is -1.09. The third-order valence-electron chi connectivity index (χ3n) is 2.29. The predicted molar refractivity (Wildman–Crippen MR) is 74.6 cm³/mol. The summed E-state index contributed by atoms with van der Waals surface area (Å²) < 4.78 is 0. The molecule has 108 valence electrons. The van der Waals surface area contributed by atoms with Crippen molar-refractivity contribution in [3.05, 3.63) is 24.3 Å². The second kappa shape index (κ2) is 7.78. The maximum Gasteiger partial charge on any atom is 0.319 e. The Morgan fingerprint density at radius 2 is 1.80 bits per heavy atom. The molecule has 0 saturated carbocycles. The quantitative estimate of drug-likeness (QED) is 0.593. The van der Waals surface area contributed by atoms with Crippen LogP contribution in [-0.2, 0) is 9.59 Å². The van der Waals surface area contributed by atoms with Gasteiger partial charge in [-0.3, -0.25) is 9.59 Å². The van der Waals surface area contributed by atoms with Crippen molar-refractivity contribution in [1.82, 2.24) is 5.32 Å². The van der Waals surface area contributed by atoms with Crippen molar-refractivity contribution in [2.45, 2.75) is 19.8 Å². The Morgan fingerprint density at radius 1 is 1.15 bits per heavy atom. The van der Waals surface area contributed by atoms with Crippen LogP contribution >= 0.6 is 0 Å². The number of carbonyl (C=O) groups excluding carboxylic acids is 2. The highest BCUT2D eigenvalue weighted by molar-refractivity contribution is 5.92. The minimum absolute atomic E-state index is 0.0122. The molecule has 0 unspecified atom stereocenters. The van der Waals surface area contributed by atoms with E-state index in [0.29, 0.717) is 17.8 Å². The Balaban J connectivity index is 2.41. The van der Waals surface area contributed by atoms with E-state index in [1.807, 2.05) is 0 Å². The van der Waals surface area contributed by atoms with Crippen molar-refractivity contribution in [2.75, 3.05) is 17.2 Å². The van der Waals surface area contributed by atoms with E-state index in [0.717, 1.165) is 0 Å². The second-order valence-electron chi connectivity index (χ2n) is 4.14. The van der Waals surface area contributed by atoms with Crippen LogP contribution in [0, 0.1) is 0 Å². The zero-order valence-corrected chi connectivity index (χ0v) is 11.1. The topological polar surface area (TPSA) is 108 Å². The lowest BCUT2D eigenvalue weighted by Crippen LogP contribution is -2.29. The molecule has 20 heavy (non-hydrogen) atoms. The van der Waals surface area contributed by atoms with Crippen LogP contribution in [0.5, 0.6) is 0 Å². The van der Waals surface area contributed by atoms with Crippen LogP contribution in [-0.4, -0.2) is 29.6 Å².